The summed E-state index contributed by atoms with van der Waals surface area (Å²) in [5.74, 6) is -0.923. The Labute approximate surface area is 119 Å². The van der Waals surface area contributed by atoms with Crippen LogP contribution in [0.4, 0.5) is 8.78 Å². The van der Waals surface area contributed by atoms with Crippen molar-refractivity contribution in [2.75, 3.05) is 6.54 Å². The number of carboxylic acid groups (broad SMARTS) is 1. The van der Waals surface area contributed by atoms with Gasteiger partial charge in [-0.3, -0.25) is 9.69 Å². The summed E-state index contributed by atoms with van der Waals surface area (Å²) >= 11 is 5.86. The summed E-state index contributed by atoms with van der Waals surface area (Å²) in [7, 11) is 0. The van der Waals surface area contributed by atoms with Gasteiger partial charge < -0.3 is 9.84 Å². The van der Waals surface area contributed by atoms with Crippen molar-refractivity contribution < 1.29 is 23.4 Å². The fraction of sp³-hybridized carbons (Fsp3) is 0.462. The van der Waals surface area contributed by atoms with E-state index in [1.807, 2.05) is 4.90 Å². The molecule has 1 aliphatic heterocycles. The minimum absolute atomic E-state index is 0.0818. The third kappa shape index (κ3) is 3.58. The van der Waals surface area contributed by atoms with Gasteiger partial charge in [0.25, 0.3) is 0 Å². The monoisotopic (exact) mass is 305 g/mol. The van der Waals surface area contributed by atoms with Crippen LogP contribution in [-0.4, -0.2) is 35.2 Å². The number of ether oxygens (including phenoxy) is 1. The highest BCUT2D eigenvalue weighted by atomic mass is 35.5. The van der Waals surface area contributed by atoms with E-state index in [-0.39, 0.29) is 10.8 Å². The van der Waals surface area contributed by atoms with Gasteiger partial charge in [0.15, 0.2) is 0 Å². The number of benzene rings is 1. The highest BCUT2D eigenvalue weighted by Crippen LogP contribution is 2.28. The molecule has 110 valence electrons. The molecule has 1 fully saturated rings. The van der Waals surface area contributed by atoms with E-state index in [0.717, 1.165) is 12.0 Å². The largest absolute Gasteiger partial charge is 0.480 e. The summed E-state index contributed by atoms with van der Waals surface area (Å²) in [6, 6.07) is 4.01. The van der Waals surface area contributed by atoms with Crippen molar-refractivity contribution in [1.82, 2.24) is 4.90 Å². The minimum Gasteiger partial charge on any atom is -0.480 e. The molecule has 1 saturated heterocycles. The molecule has 1 atom stereocenters. The van der Waals surface area contributed by atoms with Gasteiger partial charge in [-0.2, -0.15) is 8.78 Å². The Morgan fingerprint density at radius 1 is 1.55 bits per heavy atom. The van der Waals surface area contributed by atoms with Crippen molar-refractivity contribution >= 4 is 17.6 Å². The first-order valence-electron chi connectivity index (χ1n) is 6.17. The molecule has 1 N–H and O–H groups in total. The lowest BCUT2D eigenvalue weighted by Gasteiger charge is -2.21. The summed E-state index contributed by atoms with van der Waals surface area (Å²) in [5.41, 5.74) is 0.768. The van der Waals surface area contributed by atoms with Crippen LogP contribution in [0, 0.1) is 0 Å². The van der Waals surface area contributed by atoms with Crippen molar-refractivity contribution in [3.8, 4) is 5.75 Å². The predicted octanol–water partition coefficient (Wildman–Crippen LogP) is 2.99. The number of hydrogen-bond donors (Lipinski definition) is 1. The van der Waals surface area contributed by atoms with Gasteiger partial charge in [0, 0.05) is 6.54 Å². The second kappa shape index (κ2) is 6.37. The van der Waals surface area contributed by atoms with Crippen molar-refractivity contribution in [3.05, 3.63) is 28.8 Å². The zero-order valence-corrected chi connectivity index (χ0v) is 11.3. The molecule has 0 radical (unpaired) electrons. The molecule has 1 aromatic rings. The van der Waals surface area contributed by atoms with Gasteiger partial charge in [-0.05, 0) is 37.1 Å². The molecule has 0 saturated carbocycles. The Kier molecular flexibility index (Phi) is 4.77. The number of alkyl halides is 2. The molecule has 0 aliphatic carbocycles. The van der Waals surface area contributed by atoms with E-state index >= 15 is 0 Å². The van der Waals surface area contributed by atoms with Crippen LogP contribution in [0.1, 0.15) is 18.4 Å². The van der Waals surface area contributed by atoms with Gasteiger partial charge in [-0.15, -0.1) is 0 Å². The van der Waals surface area contributed by atoms with Crippen LogP contribution in [0.2, 0.25) is 5.02 Å². The second-order valence-electron chi connectivity index (χ2n) is 4.61. The minimum atomic E-state index is -2.92. The lowest BCUT2D eigenvalue weighted by Crippen LogP contribution is -2.35. The molecular formula is C13H14ClF2NO3. The van der Waals surface area contributed by atoms with Gasteiger partial charge in [0.05, 0.1) is 5.02 Å². The van der Waals surface area contributed by atoms with Crippen LogP contribution in [0.25, 0.3) is 0 Å². The highest BCUT2D eigenvalue weighted by Gasteiger charge is 2.30. The molecule has 1 aliphatic rings. The number of rotatable bonds is 5. The van der Waals surface area contributed by atoms with Crippen LogP contribution >= 0.6 is 11.6 Å². The van der Waals surface area contributed by atoms with E-state index in [2.05, 4.69) is 4.74 Å². The smallest absolute Gasteiger partial charge is 0.387 e. The third-order valence-corrected chi connectivity index (χ3v) is 3.54. The van der Waals surface area contributed by atoms with Crippen LogP contribution in [0.15, 0.2) is 18.2 Å². The van der Waals surface area contributed by atoms with Crippen molar-refractivity contribution in [3.63, 3.8) is 0 Å². The standard InChI is InChI=1S/C13H14ClF2NO3/c14-9-6-8(3-4-11(9)20-13(15)16)7-17-5-1-2-10(17)12(18)19/h3-4,6,10,13H,1-2,5,7H2,(H,18,19)/t10-/m1/s1. The first-order valence-corrected chi connectivity index (χ1v) is 6.55. The predicted molar refractivity (Wildman–Crippen MR) is 69.2 cm³/mol. The molecule has 0 bridgehead atoms. The average molecular weight is 306 g/mol. The number of likely N-dealkylation sites (tertiary alicyclic amines) is 1. The first kappa shape index (κ1) is 15.0. The summed E-state index contributed by atoms with van der Waals surface area (Å²) in [5, 5.41) is 9.18. The molecule has 1 heterocycles. The summed E-state index contributed by atoms with van der Waals surface area (Å²) in [4.78, 5) is 12.9. The first-order chi connectivity index (χ1) is 9.47. The summed E-state index contributed by atoms with van der Waals surface area (Å²) < 4.78 is 28.5. The molecule has 20 heavy (non-hydrogen) atoms. The zero-order chi connectivity index (χ0) is 14.7. The topological polar surface area (TPSA) is 49.8 Å². The summed E-state index contributed by atoms with van der Waals surface area (Å²) in [6.45, 7) is -1.80. The third-order valence-electron chi connectivity index (χ3n) is 3.25. The number of carbonyl (C=O) groups is 1. The maximum absolute atomic E-state index is 12.1. The lowest BCUT2D eigenvalue weighted by atomic mass is 10.2. The number of aliphatic carboxylic acids is 1. The fourth-order valence-corrected chi connectivity index (χ4v) is 2.61. The molecule has 2 rings (SSSR count). The molecule has 0 aromatic heterocycles. The van der Waals surface area contributed by atoms with Gasteiger partial charge in [0.2, 0.25) is 0 Å². The fourth-order valence-electron chi connectivity index (χ4n) is 2.36. The number of halogens is 3. The molecule has 0 amide bonds. The number of nitrogens with zero attached hydrogens (tertiary/aromatic N) is 1. The maximum Gasteiger partial charge on any atom is 0.387 e. The van der Waals surface area contributed by atoms with E-state index in [1.165, 1.54) is 12.1 Å². The Bertz CT molecular complexity index is 499. The molecule has 0 unspecified atom stereocenters. The van der Waals surface area contributed by atoms with Crippen molar-refractivity contribution in [1.29, 1.82) is 0 Å². The maximum atomic E-state index is 12.1. The SMILES string of the molecule is O=C(O)[C@H]1CCCN1Cc1ccc(OC(F)F)c(Cl)c1. The van der Waals surface area contributed by atoms with Crippen LogP contribution < -0.4 is 4.74 Å². The Morgan fingerprint density at radius 2 is 2.30 bits per heavy atom. The zero-order valence-electron chi connectivity index (χ0n) is 10.6. The van der Waals surface area contributed by atoms with E-state index in [0.29, 0.717) is 19.5 Å². The van der Waals surface area contributed by atoms with Crippen LogP contribution in [0.5, 0.6) is 5.75 Å². The normalized spacial score (nSPS) is 19.5. The molecular weight excluding hydrogens is 292 g/mol. The summed E-state index contributed by atoms with van der Waals surface area (Å²) in [6.07, 6.45) is 1.45. The van der Waals surface area contributed by atoms with Gasteiger partial charge >= 0.3 is 12.6 Å². The Morgan fingerprint density at radius 3 is 2.90 bits per heavy atom. The highest BCUT2D eigenvalue weighted by molar-refractivity contribution is 6.32. The van der Waals surface area contributed by atoms with E-state index < -0.39 is 18.6 Å². The Hall–Kier alpha value is -1.40. The number of hydrogen-bond acceptors (Lipinski definition) is 3. The van der Waals surface area contributed by atoms with Gasteiger partial charge in [0.1, 0.15) is 11.8 Å². The quantitative estimate of drug-likeness (QED) is 0.908. The average Bonchev–Trinajstić information content (AvgIpc) is 2.80. The van der Waals surface area contributed by atoms with E-state index in [9.17, 15) is 13.6 Å². The van der Waals surface area contributed by atoms with E-state index in [4.69, 9.17) is 16.7 Å². The second-order valence-corrected chi connectivity index (χ2v) is 5.02. The molecule has 7 heteroatoms. The lowest BCUT2D eigenvalue weighted by molar-refractivity contribution is -0.142. The van der Waals surface area contributed by atoms with Crippen molar-refractivity contribution in [2.24, 2.45) is 0 Å². The molecule has 0 spiro atoms. The Balaban J connectivity index is 2.06. The van der Waals surface area contributed by atoms with Crippen molar-refractivity contribution in [2.45, 2.75) is 32.0 Å². The molecule has 1 aromatic carbocycles. The van der Waals surface area contributed by atoms with Crippen LogP contribution in [0.3, 0.4) is 0 Å². The molecule has 4 nitrogen and oxygen atoms in total. The van der Waals surface area contributed by atoms with Gasteiger partial charge in [-0.1, -0.05) is 17.7 Å². The van der Waals surface area contributed by atoms with Gasteiger partial charge in [-0.25, -0.2) is 0 Å². The van der Waals surface area contributed by atoms with Crippen LogP contribution in [-0.2, 0) is 11.3 Å². The van der Waals surface area contributed by atoms with E-state index in [1.54, 1.807) is 6.07 Å². The number of carboxylic acids is 1.